The molecule has 43 heavy (non-hydrogen) atoms. The Balaban J connectivity index is 1.52. The van der Waals surface area contributed by atoms with Crippen LogP contribution in [-0.4, -0.2) is 64.9 Å². The van der Waals surface area contributed by atoms with Crippen molar-refractivity contribution in [2.75, 3.05) is 38.6 Å². The van der Waals surface area contributed by atoms with Crippen molar-refractivity contribution < 1.29 is 19.4 Å². The summed E-state index contributed by atoms with van der Waals surface area (Å²) in [6, 6.07) is 16.8. The molecule has 0 spiro atoms. The highest BCUT2D eigenvalue weighted by molar-refractivity contribution is 7.98. The quantitative estimate of drug-likeness (QED) is 0.0970. The Morgan fingerprint density at radius 3 is 2.67 bits per heavy atom. The average Bonchev–Trinajstić information content (AvgIpc) is 2.99. The number of carboxylic acid groups (broad SMARTS) is 1. The molecule has 3 rings (SSSR count). The lowest BCUT2D eigenvalue weighted by atomic mass is 9.98. The number of unbranched alkanes of at least 4 members (excludes halogenated alkanes) is 1. The molecule has 1 aromatic heterocycles. The summed E-state index contributed by atoms with van der Waals surface area (Å²) in [5.74, 6) is -0.845. The standard InChI is InChI=1S/C32H41ClN4O4S2/c1-23-21-34-14-13-28(23)27-9-6-8-26(20-27)25(3)37(43-30-11-7-10-29(33)24(30)2)17-5-4-12-31(38)35-15-18-41-19-16-36-42-22-32(39)40/h6-11,13-14,20-21,25,36H,4-5,12,15-19,22H2,1-3H3,(H,35,38)(H,39,40). The number of amides is 1. The Bertz CT molecular complexity index is 1330. The van der Waals surface area contributed by atoms with Gasteiger partial charge in [0.15, 0.2) is 0 Å². The number of aliphatic carboxylic acids is 1. The molecule has 3 aromatic rings. The lowest BCUT2D eigenvalue weighted by Gasteiger charge is -2.29. The van der Waals surface area contributed by atoms with Crippen LogP contribution in [0.2, 0.25) is 5.02 Å². The van der Waals surface area contributed by atoms with Gasteiger partial charge in [0.05, 0.1) is 13.2 Å². The molecule has 0 aliphatic rings. The van der Waals surface area contributed by atoms with Crippen molar-refractivity contribution in [2.24, 2.45) is 0 Å². The van der Waals surface area contributed by atoms with E-state index in [0.29, 0.717) is 32.7 Å². The van der Waals surface area contributed by atoms with E-state index < -0.39 is 5.97 Å². The van der Waals surface area contributed by atoms with Crippen LogP contribution in [0, 0.1) is 13.8 Å². The van der Waals surface area contributed by atoms with Crippen molar-refractivity contribution in [3.8, 4) is 11.1 Å². The molecular weight excluding hydrogens is 604 g/mol. The van der Waals surface area contributed by atoms with Crippen molar-refractivity contribution in [1.29, 1.82) is 0 Å². The van der Waals surface area contributed by atoms with Crippen LogP contribution in [0.5, 0.6) is 0 Å². The van der Waals surface area contributed by atoms with Gasteiger partial charge >= 0.3 is 5.97 Å². The van der Waals surface area contributed by atoms with Crippen molar-refractivity contribution in [3.05, 3.63) is 82.6 Å². The molecule has 0 radical (unpaired) electrons. The summed E-state index contributed by atoms with van der Waals surface area (Å²) in [6.45, 7) is 9.00. The highest BCUT2D eigenvalue weighted by Crippen LogP contribution is 2.37. The molecule has 0 saturated heterocycles. The summed E-state index contributed by atoms with van der Waals surface area (Å²) in [5.41, 5.74) is 5.76. The van der Waals surface area contributed by atoms with E-state index in [1.807, 2.05) is 31.5 Å². The van der Waals surface area contributed by atoms with Crippen LogP contribution in [0.3, 0.4) is 0 Å². The minimum absolute atomic E-state index is 0.00489. The van der Waals surface area contributed by atoms with Crippen molar-refractivity contribution in [2.45, 2.75) is 51.0 Å². The van der Waals surface area contributed by atoms with Crippen LogP contribution in [0.1, 0.15) is 48.9 Å². The maximum Gasteiger partial charge on any atom is 0.314 e. The SMILES string of the molecule is Cc1cnccc1-c1cccc(C(C)N(CCCCC(=O)NCCOCCNSCC(=O)O)Sc2cccc(Cl)c2C)c1. The summed E-state index contributed by atoms with van der Waals surface area (Å²) in [6.07, 6.45) is 5.81. The van der Waals surface area contributed by atoms with Gasteiger partial charge in [-0.2, -0.15) is 0 Å². The number of hydrogen-bond acceptors (Lipinski definition) is 8. The van der Waals surface area contributed by atoms with Crippen molar-refractivity contribution >= 4 is 47.4 Å². The second kappa shape index (κ2) is 18.9. The predicted molar refractivity (Wildman–Crippen MR) is 177 cm³/mol. The van der Waals surface area contributed by atoms with Gasteiger partial charge in [-0.15, -0.1) is 0 Å². The summed E-state index contributed by atoms with van der Waals surface area (Å²) in [4.78, 5) is 28.2. The first-order valence-electron chi connectivity index (χ1n) is 14.4. The van der Waals surface area contributed by atoms with Gasteiger partial charge < -0.3 is 15.2 Å². The molecule has 1 unspecified atom stereocenters. The highest BCUT2D eigenvalue weighted by atomic mass is 35.5. The lowest BCUT2D eigenvalue weighted by molar-refractivity contribution is -0.134. The predicted octanol–water partition coefficient (Wildman–Crippen LogP) is 6.71. The van der Waals surface area contributed by atoms with Gasteiger partial charge in [-0.25, -0.2) is 4.31 Å². The fourth-order valence-corrected chi connectivity index (χ4v) is 6.19. The number of halogens is 1. The average molecular weight is 645 g/mol. The minimum atomic E-state index is -0.861. The number of ether oxygens (including phenoxy) is 1. The number of pyridine rings is 1. The number of hydrogen-bond donors (Lipinski definition) is 3. The molecular formula is C32H41ClN4O4S2. The third-order valence-corrected chi connectivity index (χ3v) is 9.39. The Hall–Kier alpha value is -2.60. The van der Waals surface area contributed by atoms with Gasteiger partial charge in [0, 0.05) is 54.4 Å². The first-order chi connectivity index (χ1) is 20.8. The third kappa shape index (κ3) is 12.1. The number of nitrogens with one attached hydrogen (secondary N) is 2. The van der Waals surface area contributed by atoms with Gasteiger partial charge in [-0.1, -0.05) is 47.8 Å². The zero-order chi connectivity index (χ0) is 31.0. The Morgan fingerprint density at radius 2 is 1.88 bits per heavy atom. The smallest absolute Gasteiger partial charge is 0.314 e. The monoisotopic (exact) mass is 644 g/mol. The van der Waals surface area contributed by atoms with E-state index in [2.05, 4.69) is 69.6 Å². The number of carbonyl (C=O) groups is 2. The molecule has 1 atom stereocenters. The molecule has 1 heterocycles. The molecule has 0 aliphatic heterocycles. The molecule has 0 bridgehead atoms. The third-order valence-electron chi connectivity index (χ3n) is 6.81. The fraction of sp³-hybridized carbons (Fsp3) is 0.406. The fourth-order valence-electron chi connectivity index (χ4n) is 4.37. The number of carboxylic acids is 1. The summed E-state index contributed by atoms with van der Waals surface area (Å²) >= 11 is 9.29. The normalized spacial score (nSPS) is 11.9. The molecule has 1 amide bonds. The molecule has 0 aliphatic carbocycles. The number of benzene rings is 2. The second-order valence-corrected chi connectivity index (χ2v) is 12.4. The van der Waals surface area contributed by atoms with E-state index in [-0.39, 0.29) is 17.7 Å². The largest absolute Gasteiger partial charge is 0.481 e. The molecule has 232 valence electrons. The minimum Gasteiger partial charge on any atom is -0.481 e. The van der Waals surface area contributed by atoms with Gasteiger partial charge in [-0.05, 0) is 97.6 Å². The zero-order valence-electron chi connectivity index (χ0n) is 25.0. The van der Waals surface area contributed by atoms with Crippen molar-refractivity contribution in [1.82, 2.24) is 19.3 Å². The number of aromatic nitrogens is 1. The molecule has 0 saturated carbocycles. The Morgan fingerprint density at radius 1 is 1.09 bits per heavy atom. The molecule has 8 nitrogen and oxygen atoms in total. The summed E-state index contributed by atoms with van der Waals surface area (Å²) in [7, 11) is 0. The van der Waals surface area contributed by atoms with Crippen LogP contribution in [0.25, 0.3) is 11.1 Å². The number of aryl methyl sites for hydroxylation is 1. The van der Waals surface area contributed by atoms with E-state index >= 15 is 0 Å². The van der Waals surface area contributed by atoms with Crippen molar-refractivity contribution in [3.63, 3.8) is 0 Å². The number of nitrogens with zero attached hydrogens (tertiary/aromatic N) is 2. The van der Waals surface area contributed by atoms with Gasteiger partial charge in [0.2, 0.25) is 5.91 Å². The maximum atomic E-state index is 12.4. The first kappa shape index (κ1) is 34.9. The Labute approximate surface area is 268 Å². The zero-order valence-corrected chi connectivity index (χ0v) is 27.4. The Kier molecular flexibility index (Phi) is 15.4. The molecule has 3 N–H and O–H groups in total. The lowest BCUT2D eigenvalue weighted by Crippen LogP contribution is -2.28. The van der Waals surface area contributed by atoms with Crippen LogP contribution in [0.4, 0.5) is 0 Å². The van der Waals surface area contributed by atoms with Gasteiger partial charge in [0.1, 0.15) is 5.75 Å². The first-order valence-corrected chi connectivity index (χ1v) is 16.5. The van der Waals surface area contributed by atoms with E-state index in [1.165, 1.54) is 16.7 Å². The van der Waals surface area contributed by atoms with E-state index in [9.17, 15) is 9.59 Å². The van der Waals surface area contributed by atoms with Crippen LogP contribution < -0.4 is 10.0 Å². The second-order valence-electron chi connectivity index (χ2n) is 10.1. The molecule has 2 aromatic carbocycles. The van der Waals surface area contributed by atoms with Crippen LogP contribution in [0.15, 0.2) is 65.8 Å². The van der Waals surface area contributed by atoms with Gasteiger partial charge in [0.25, 0.3) is 0 Å². The molecule has 11 heteroatoms. The number of carbonyl (C=O) groups excluding carboxylic acids is 1. The van der Waals surface area contributed by atoms with Crippen LogP contribution in [-0.2, 0) is 14.3 Å². The van der Waals surface area contributed by atoms with E-state index in [4.69, 9.17) is 21.4 Å². The highest BCUT2D eigenvalue weighted by Gasteiger charge is 2.19. The molecule has 0 fully saturated rings. The topological polar surface area (TPSA) is 104 Å². The summed E-state index contributed by atoms with van der Waals surface area (Å²) < 4.78 is 10.8. The van der Waals surface area contributed by atoms with E-state index in [1.54, 1.807) is 11.9 Å². The van der Waals surface area contributed by atoms with E-state index in [0.717, 1.165) is 52.4 Å². The summed E-state index contributed by atoms with van der Waals surface area (Å²) in [5, 5.41) is 12.3. The number of rotatable bonds is 19. The van der Waals surface area contributed by atoms with Crippen LogP contribution >= 0.6 is 35.5 Å². The maximum absolute atomic E-state index is 12.4. The van der Waals surface area contributed by atoms with Gasteiger partial charge in [-0.3, -0.25) is 19.3 Å².